The van der Waals surface area contributed by atoms with E-state index in [0.29, 0.717) is 48.9 Å². The Morgan fingerprint density at radius 2 is 2.14 bits per heavy atom. The Kier molecular flexibility index (Phi) is 6.68. The minimum absolute atomic E-state index is 0.109. The number of carbonyl (C=O) groups excluding carboxylic acids is 1. The minimum atomic E-state index is -1.05. The van der Waals surface area contributed by atoms with Crippen LogP contribution in [0, 0.1) is 12.3 Å². The standard InChI is InChI=1S/C26H24ClN3O5S2/c1-5-8-26(22-13(3)20(31)19-12(2)21(25(32)33)36-24(19)28-22)10-15(26)14-6-7-17(18(9-14)34-4)35-11-16-23(27)37-30-29-16/h6-7,9,15H,3,5,8,10-11H2,1-2,4H3,(H,32,33). The van der Waals surface area contributed by atoms with Crippen molar-refractivity contribution in [2.75, 3.05) is 7.11 Å². The summed E-state index contributed by atoms with van der Waals surface area (Å²) in [6, 6.07) is 5.81. The van der Waals surface area contributed by atoms with Gasteiger partial charge in [-0.05, 0) is 48.9 Å². The van der Waals surface area contributed by atoms with E-state index in [9.17, 15) is 14.7 Å². The van der Waals surface area contributed by atoms with Gasteiger partial charge >= 0.3 is 5.97 Å². The van der Waals surface area contributed by atoms with Crippen molar-refractivity contribution in [2.45, 2.75) is 45.6 Å². The normalized spacial score (nSPS) is 20.4. The highest BCUT2D eigenvalue weighted by Gasteiger charge is 2.59. The van der Waals surface area contributed by atoms with Crippen LogP contribution in [-0.4, -0.2) is 39.3 Å². The van der Waals surface area contributed by atoms with Gasteiger partial charge in [-0.25, -0.2) is 9.79 Å². The summed E-state index contributed by atoms with van der Waals surface area (Å²) in [5, 5.41) is 14.0. The number of halogens is 1. The number of ether oxygens (including phenoxy) is 2. The van der Waals surface area contributed by atoms with Crippen LogP contribution in [-0.2, 0) is 6.61 Å². The molecule has 3 aromatic rings. The third kappa shape index (κ3) is 4.26. The zero-order valence-corrected chi connectivity index (χ0v) is 22.9. The first-order valence-electron chi connectivity index (χ1n) is 11.7. The fourth-order valence-corrected chi connectivity index (χ4v) is 6.80. The summed E-state index contributed by atoms with van der Waals surface area (Å²) in [6.45, 7) is 8.03. The quantitative estimate of drug-likeness (QED) is 0.293. The van der Waals surface area contributed by atoms with E-state index in [1.54, 1.807) is 14.0 Å². The largest absolute Gasteiger partial charge is 0.493 e. The lowest BCUT2D eigenvalue weighted by molar-refractivity contribution is 0.0701. The molecule has 0 amide bonds. The molecule has 1 aliphatic heterocycles. The molecular weight excluding hydrogens is 534 g/mol. The molecule has 2 atom stereocenters. The van der Waals surface area contributed by atoms with Crippen LogP contribution in [0.4, 0.5) is 5.00 Å². The number of fused-ring (bicyclic) bond motifs is 1. The van der Waals surface area contributed by atoms with Gasteiger partial charge in [-0.2, -0.15) is 0 Å². The number of thiophene rings is 1. The molecule has 2 aromatic heterocycles. The molecule has 2 aliphatic rings. The third-order valence-electron chi connectivity index (χ3n) is 7.03. The molecule has 0 saturated heterocycles. The van der Waals surface area contributed by atoms with Gasteiger partial charge in [0.05, 0.1) is 18.4 Å². The molecular formula is C26H24ClN3O5S2. The van der Waals surface area contributed by atoms with Crippen molar-refractivity contribution in [3.05, 3.63) is 61.9 Å². The van der Waals surface area contributed by atoms with E-state index < -0.39 is 5.97 Å². The smallest absolute Gasteiger partial charge is 0.346 e. The lowest BCUT2D eigenvalue weighted by Gasteiger charge is -2.24. The second kappa shape index (κ2) is 9.66. The fourth-order valence-electron chi connectivity index (χ4n) is 5.18. The van der Waals surface area contributed by atoms with Crippen molar-refractivity contribution in [2.24, 2.45) is 10.4 Å². The Balaban J connectivity index is 1.47. The van der Waals surface area contributed by atoms with E-state index in [1.165, 1.54) is 0 Å². The van der Waals surface area contributed by atoms with Gasteiger partial charge in [-0.15, -0.1) is 16.4 Å². The molecule has 1 aromatic carbocycles. The summed E-state index contributed by atoms with van der Waals surface area (Å²) in [5.41, 5.74) is 3.09. The number of benzene rings is 1. The number of aromatic carboxylic acids is 1. The second-order valence-electron chi connectivity index (χ2n) is 9.16. The third-order valence-corrected chi connectivity index (χ3v) is 9.19. The van der Waals surface area contributed by atoms with Crippen LogP contribution in [0.3, 0.4) is 0 Å². The maximum absolute atomic E-state index is 13.3. The first-order valence-corrected chi connectivity index (χ1v) is 13.7. The van der Waals surface area contributed by atoms with Crippen molar-refractivity contribution < 1.29 is 24.2 Å². The number of carboxylic acids is 1. The monoisotopic (exact) mass is 557 g/mol. The van der Waals surface area contributed by atoms with Crippen LogP contribution >= 0.6 is 34.5 Å². The molecule has 1 N–H and O–H groups in total. The average molecular weight is 558 g/mol. The molecule has 8 nitrogen and oxygen atoms in total. The Morgan fingerprint density at radius 1 is 1.35 bits per heavy atom. The molecule has 0 bridgehead atoms. The number of rotatable bonds is 9. The predicted octanol–water partition coefficient (Wildman–Crippen LogP) is 6.65. The number of methoxy groups -OCH3 is 1. The van der Waals surface area contributed by atoms with Crippen molar-refractivity contribution in [3.8, 4) is 11.5 Å². The molecule has 11 heteroatoms. The van der Waals surface area contributed by atoms with Crippen molar-refractivity contribution >= 4 is 56.9 Å². The number of hydrogen-bond donors (Lipinski definition) is 1. The number of allylic oxidation sites excluding steroid dienone is 1. The van der Waals surface area contributed by atoms with Crippen LogP contribution in [0.1, 0.15) is 69.0 Å². The van der Waals surface area contributed by atoms with Crippen LogP contribution in [0.25, 0.3) is 0 Å². The van der Waals surface area contributed by atoms with Gasteiger partial charge in [-0.3, -0.25) is 4.79 Å². The Labute approximate surface area is 226 Å². The summed E-state index contributed by atoms with van der Waals surface area (Å²) in [7, 11) is 1.59. The van der Waals surface area contributed by atoms with E-state index in [0.717, 1.165) is 47.7 Å². The van der Waals surface area contributed by atoms with Gasteiger partial charge in [0.2, 0.25) is 0 Å². The van der Waals surface area contributed by atoms with E-state index in [1.807, 2.05) is 18.2 Å². The molecule has 37 heavy (non-hydrogen) atoms. The van der Waals surface area contributed by atoms with E-state index >= 15 is 0 Å². The summed E-state index contributed by atoms with van der Waals surface area (Å²) < 4.78 is 15.8. The zero-order valence-electron chi connectivity index (χ0n) is 20.5. The number of carboxylic acid groups (broad SMARTS) is 1. The summed E-state index contributed by atoms with van der Waals surface area (Å²) in [4.78, 5) is 30.0. The summed E-state index contributed by atoms with van der Waals surface area (Å²) in [5.74, 6) is -0.0397. The van der Waals surface area contributed by atoms with Crippen LogP contribution in [0.15, 0.2) is 35.3 Å². The van der Waals surface area contributed by atoms with Crippen molar-refractivity contribution in [3.63, 3.8) is 0 Å². The summed E-state index contributed by atoms with van der Waals surface area (Å²) in [6.07, 6.45) is 2.53. The van der Waals surface area contributed by atoms with E-state index in [2.05, 4.69) is 23.1 Å². The van der Waals surface area contributed by atoms with Gasteiger partial charge < -0.3 is 14.6 Å². The first-order chi connectivity index (χ1) is 17.7. The highest BCUT2D eigenvalue weighted by molar-refractivity contribution is 7.18. The molecule has 2 unspecified atom stereocenters. The molecule has 0 radical (unpaired) electrons. The molecule has 192 valence electrons. The number of carbonyl (C=O) groups is 2. The number of ketones is 1. The maximum atomic E-state index is 13.3. The molecule has 0 spiro atoms. The number of hydrogen-bond acceptors (Lipinski definition) is 9. The highest BCUT2D eigenvalue weighted by atomic mass is 35.5. The number of Topliss-reactive ketones (excluding diaryl/α,β-unsaturated/α-hetero) is 1. The van der Waals surface area contributed by atoms with Gasteiger partial charge in [0, 0.05) is 22.5 Å². The Bertz CT molecular complexity index is 1480. The highest BCUT2D eigenvalue weighted by Crippen LogP contribution is 2.65. The van der Waals surface area contributed by atoms with Crippen molar-refractivity contribution in [1.29, 1.82) is 0 Å². The lowest BCUT2D eigenvalue weighted by atomic mass is 9.82. The first kappa shape index (κ1) is 25.6. The number of nitrogens with zero attached hydrogens (tertiary/aromatic N) is 3. The maximum Gasteiger partial charge on any atom is 0.346 e. The molecule has 1 fully saturated rings. The van der Waals surface area contributed by atoms with Gasteiger partial charge in [0.15, 0.2) is 17.3 Å². The van der Waals surface area contributed by atoms with Gasteiger partial charge in [-0.1, -0.05) is 42.1 Å². The Hall–Kier alpha value is -3.08. The number of aliphatic imine (C=N–C) groups is 1. The lowest BCUT2D eigenvalue weighted by Crippen LogP contribution is -2.26. The summed E-state index contributed by atoms with van der Waals surface area (Å²) >= 11 is 8.23. The zero-order chi connectivity index (χ0) is 26.5. The predicted molar refractivity (Wildman–Crippen MR) is 144 cm³/mol. The van der Waals surface area contributed by atoms with Crippen LogP contribution in [0.5, 0.6) is 11.5 Å². The molecule has 5 rings (SSSR count). The van der Waals surface area contributed by atoms with Gasteiger partial charge in [0.25, 0.3) is 0 Å². The van der Waals surface area contributed by atoms with Crippen molar-refractivity contribution in [1.82, 2.24) is 9.59 Å². The van der Waals surface area contributed by atoms with E-state index in [-0.39, 0.29) is 28.6 Å². The second-order valence-corrected chi connectivity index (χ2v) is 11.5. The Morgan fingerprint density at radius 3 is 2.78 bits per heavy atom. The molecule has 3 heterocycles. The van der Waals surface area contributed by atoms with Crippen LogP contribution in [0.2, 0.25) is 4.34 Å². The minimum Gasteiger partial charge on any atom is -0.493 e. The number of aromatic nitrogens is 2. The van der Waals surface area contributed by atoms with Gasteiger partial charge in [0.1, 0.15) is 26.5 Å². The van der Waals surface area contributed by atoms with E-state index in [4.69, 9.17) is 26.1 Å². The van der Waals surface area contributed by atoms with Crippen LogP contribution < -0.4 is 9.47 Å². The fraction of sp³-hybridized carbons (Fsp3) is 0.346. The topological polar surface area (TPSA) is 111 Å². The molecule has 1 saturated carbocycles. The average Bonchev–Trinajstić information content (AvgIpc) is 3.28. The molecule has 1 aliphatic carbocycles. The SMILES string of the molecule is C=C1C(=O)c2c(sc(C(=O)O)c2C)N=C1C1(CCC)CC1c1ccc(OCc2nnsc2Cl)c(OC)c1.